The van der Waals surface area contributed by atoms with Gasteiger partial charge in [0.1, 0.15) is 5.56 Å². The maximum Gasteiger partial charge on any atom is 0.256 e. The highest BCUT2D eigenvalue weighted by Gasteiger charge is 2.29. The lowest BCUT2D eigenvalue weighted by Gasteiger charge is -2.30. The van der Waals surface area contributed by atoms with E-state index in [0.29, 0.717) is 18.6 Å². The van der Waals surface area contributed by atoms with Crippen LogP contribution in [0.4, 0.5) is 5.69 Å². The molecular formula is C28H36N4O4S. The highest BCUT2D eigenvalue weighted by atomic mass is 32.2. The summed E-state index contributed by atoms with van der Waals surface area (Å²) in [6, 6.07) is 14.5. The van der Waals surface area contributed by atoms with E-state index in [1.165, 1.54) is 16.6 Å². The van der Waals surface area contributed by atoms with Gasteiger partial charge in [0.05, 0.1) is 10.4 Å². The first-order valence-electron chi connectivity index (χ1n) is 12.9. The van der Waals surface area contributed by atoms with Gasteiger partial charge in [-0.15, -0.1) is 0 Å². The normalized spacial score (nSPS) is 14.7. The van der Waals surface area contributed by atoms with Crippen LogP contribution in [0.5, 0.6) is 0 Å². The van der Waals surface area contributed by atoms with Gasteiger partial charge in [0.25, 0.3) is 5.91 Å². The lowest BCUT2D eigenvalue weighted by Crippen LogP contribution is -2.38. The molecule has 1 amide bonds. The molecule has 9 heteroatoms. The molecule has 37 heavy (non-hydrogen) atoms. The summed E-state index contributed by atoms with van der Waals surface area (Å²) in [7, 11) is -0.404. The van der Waals surface area contributed by atoms with E-state index >= 15 is 0 Å². The van der Waals surface area contributed by atoms with Gasteiger partial charge in [0.2, 0.25) is 15.5 Å². The Morgan fingerprint density at radius 3 is 2.46 bits per heavy atom. The molecular weight excluding hydrogens is 488 g/mol. The average molecular weight is 525 g/mol. The zero-order chi connectivity index (χ0) is 26.6. The van der Waals surface area contributed by atoms with Crippen molar-refractivity contribution < 1.29 is 13.2 Å². The standard InChI is InChI=1S/C28H36N4O4S/c1-4-32(22-13-9-6-10-14-22)18-17-29-28(34)25-20-30(2)26-16-15-23(19-24(26)27(25)33)37(35,36)31(3)21-11-7-5-8-12-21/h6,9-10,13-16,19-21H,4-5,7-8,11-12,17-18H2,1-3H3,(H,29,34). The van der Waals surface area contributed by atoms with Crippen molar-refractivity contribution in [3.63, 3.8) is 0 Å². The fraction of sp³-hybridized carbons (Fsp3) is 0.429. The molecule has 198 valence electrons. The maximum atomic E-state index is 13.4. The molecule has 0 unspecified atom stereocenters. The summed E-state index contributed by atoms with van der Waals surface area (Å²) in [4.78, 5) is 28.6. The molecule has 0 saturated heterocycles. The minimum absolute atomic E-state index is 0.00653. The number of aromatic nitrogens is 1. The van der Waals surface area contributed by atoms with Crippen molar-refractivity contribution in [2.75, 3.05) is 31.6 Å². The Morgan fingerprint density at radius 2 is 1.78 bits per heavy atom. The molecule has 4 rings (SSSR count). The summed E-state index contributed by atoms with van der Waals surface area (Å²) in [6.07, 6.45) is 6.36. The number of sulfonamides is 1. The second-order valence-corrected chi connectivity index (χ2v) is 11.6. The predicted molar refractivity (Wildman–Crippen MR) is 148 cm³/mol. The van der Waals surface area contributed by atoms with Gasteiger partial charge in [-0.25, -0.2) is 8.42 Å². The van der Waals surface area contributed by atoms with Gasteiger partial charge in [-0.3, -0.25) is 9.59 Å². The van der Waals surface area contributed by atoms with E-state index in [1.807, 2.05) is 37.3 Å². The van der Waals surface area contributed by atoms with E-state index < -0.39 is 21.4 Å². The quantitative estimate of drug-likeness (QED) is 0.460. The third-order valence-electron chi connectivity index (χ3n) is 7.34. The molecule has 1 aliphatic rings. The molecule has 8 nitrogen and oxygen atoms in total. The number of nitrogens with zero attached hydrogens (tertiary/aromatic N) is 3. The second-order valence-electron chi connectivity index (χ2n) is 9.65. The smallest absolute Gasteiger partial charge is 0.256 e. The van der Waals surface area contributed by atoms with Gasteiger partial charge in [0, 0.05) is 57.0 Å². The Labute approximate surface area is 218 Å². The fourth-order valence-electron chi connectivity index (χ4n) is 5.11. The summed E-state index contributed by atoms with van der Waals surface area (Å²) < 4.78 is 29.9. The van der Waals surface area contributed by atoms with E-state index in [0.717, 1.165) is 44.3 Å². The van der Waals surface area contributed by atoms with Crippen molar-refractivity contribution in [3.8, 4) is 0 Å². The zero-order valence-electron chi connectivity index (χ0n) is 21.8. The van der Waals surface area contributed by atoms with Crippen molar-refractivity contribution in [1.29, 1.82) is 0 Å². The van der Waals surface area contributed by atoms with Crippen LogP contribution < -0.4 is 15.6 Å². The molecule has 0 bridgehead atoms. The highest BCUT2D eigenvalue weighted by molar-refractivity contribution is 7.89. The summed E-state index contributed by atoms with van der Waals surface area (Å²) in [5, 5.41) is 3.07. The van der Waals surface area contributed by atoms with Crippen LogP contribution in [-0.2, 0) is 17.1 Å². The Morgan fingerprint density at radius 1 is 1.08 bits per heavy atom. The molecule has 0 spiro atoms. The first kappa shape index (κ1) is 26.9. The number of likely N-dealkylation sites (N-methyl/N-ethyl adjacent to an activating group) is 1. The number of hydrogen-bond donors (Lipinski definition) is 1. The topological polar surface area (TPSA) is 91.7 Å². The lowest BCUT2D eigenvalue weighted by atomic mass is 9.96. The number of nitrogens with one attached hydrogen (secondary N) is 1. The molecule has 1 N–H and O–H groups in total. The second kappa shape index (κ2) is 11.5. The number of amides is 1. The summed E-state index contributed by atoms with van der Waals surface area (Å²) in [5.74, 6) is -0.473. The van der Waals surface area contributed by atoms with Crippen LogP contribution >= 0.6 is 0 Å². The van der Waals surface area contributed by atoms with Crippen LogP contribution in [0, 0.1) is 0 Å². The Balaban J connectivity index is 1.56. The summed E-state index contributed by atoms with van der Waals surface area (Å²) in [6.45, 7) is 3.79. The van der Waals surface area contributed by atoms with E-state index in [4.69, 9.17) is 0 Å². The van der Waals surface area contributed by atoms with Gasteiger partial charge >= 0.3 is 0 Å². The summed E-state index contributed by atoms with van der Waals surface area (Å²) >= 11 is 0. The van der Waals surface area contributed by atoms with E-state index in [9.17, 15) is 18.0 Å². The fourth-order valence-corrected chi connectivity index (χ4v) is 6.55. The predicted octanol–water partition coefficient (Wildman–Crippen LogP) is 3.75. The van der Waals surface area contributed by atoms with Gasteiger partial charge in [-0.05, 0) is 50.1 Å². The maximum absolute atomic E-state index is 13.4. The molecule has 1 aromatic heterocycles. The summed E-state index contributed by atoms with van der Waals surface area (Å²) in [5.41, 5.74) is 1.15. The minimum Gasteiger partial charge on any atom is -0.370 e. The molecule has 3 aromatic rings. The largest absolute Gasteiger partial charge is 0.370 e. The van der Waals surface area contributed by atoms with Gasteiger partial charge in [-0.1, -0.05) is 37.5 Å². The number of anilines is 1. The molecule has 0 atom stereocenters. The van der Waals surface area contributed by atoms with Crippen molar-refractivity contribution in [2.24, 2.45) is 7.05 Å². The number of carbonyl (C=O) groups excluding carboxylic acids is 1. The third-order valence-corrected chi connectivity index (χ3v) is 9.25. The van der Waals surface area contributed by atoms with Crippen molar-refractivity contribution in [2.45, 2.75) is 50.0 Å². The number of pyridine rings is 1. The molecule has 0 aliphatic heterocycles. The lowest BCUT2D eigenvalue weighted by molar-refractivity contribution is 0.0953. The molecule has 1 aliphatic carbocycles. The Hall–Kier alpha value is -3.17. The molecule has 1 fully saturated rings. The van der Waals surface area contributed by atoms with Crippen LogP contribution in [0.25, 0.3) is 10.9 Å². The molecule has 1 heterocycles. The number of hydrogen-bond acceptors (Lipinski definition) is 5. The van der Waals surface area contributed by atoms with Crippen molar-refractivity contribution >= 4 is 32.5 Å². The number of carbonyl (C=O) groups is 1. The Bertz CT molecular complexity index is 1410. The number of para-hydroxylation sites is 1. The van der Waals surface area contributed by atoms with Crippen LogP contribution in [-0.4, -0.2) is 55.9 Å². The van der Waals surface area contributed by atoms with E-state index in [-0.39, 0.29) is 21.9 Å². The number of aryl methyl sites for hydroxylation is 1. The zero-order valence-corrected chi connectivity index (χ0v) is 22.6. The highest BCUT2D eigenvalue weighted by Crippen LogP contribution is 2.27. The van der Waals surface area contributed by atoms with Gasteiger partial charge in [-0.2, -0.15) is 4.31 Å². The van der Waals surface area contributed by atoms with Gasteiger partial charge in [0.15, 0.2) is 0 Å². The van der Waals surface area contributed by atoms with Crippen molar-refractivity contribution in [1.82, 2.24) is 14.2 Å². The van der Waals surface area contributed by atoms with Crippen LogP contribution in [0.1, 0.15) is 49.4 Å². The third kappa shape index (κ3) is 5.72. The number of rotatable bonds is 9. The average Bonchev–Trinajstić information content (AvgIpc) is 2.93. The molecule has 0 radical (unpaired) electrons. The SMILES string of the molecule is CCN(CCNC(=O)c1cn(C)c2ccc(S(=O)(=O)N(C)C3CCCCC3)cc2c1=O)c1ccccc1. The van der Waals surface area contributed by atoms with Crippen LogP contribution in [0.3, 0.4) is 0 Å². The van der Waals surface area contributed by atoms with Crippen LogP contribution in [0.2, 0.25) is 0 Å². The monoisotopic (exact) mass is 524 g/mol. The Kier molecular flexibility index (Phi) is 8.34. The van der Waals surface area contributed by atoms with Crippen molar-refractivity contribution in [3.05, 3.63) is 70.5 Å². The number of fused-ring (bicyclic) bond motifs is 1. The van der Waals surface area contributed by atoms with Gasteiger partial charge < -0.3 is 14.8 Å². The van der Waals surface area contributed by atoms with Crippen LogP contribution in [0.15, 0.2) is 64.4 Å². The van der Waals surface area contributed by atoms with E-state index in [2.05, 4.69) is 10.2 Å². The number of benzene rings is 2. The minimum atomic E-state index is -3.77. The molecule has 2 aromatic carbocycles. The molecule has 1 saturated carbocycles. The van der Waals surface area contributed by atoms with E-state index in [1.54, 1.807) is 30.8 Å². The first-order valence-corrected chi connectivity index (χ1v) is 14.4. The first-order chi connectivity index (χ1) is 17.7.